The first-order valence-corrected chi connectivity index (χ1v) is 28.8. The summed E-state index contributed by atoms with van der Waals surface area (Å²) < 4.78 is 16.9. The average Bonchev–Trinajstić information content (AvgIpc) is 3.30. The zero-order valence-corrected chi connectivity index (χ0v) is 43.8. The van der Waals surface area contributed by atoms with E-state index in [1.165, 1.54) is 205 Å². The van der Waals surface area contributed by atoms with E-state index in [-0.39, 0.29) is 31.1 Å². The van der Waals surface area contributed by atoms with E-state index in [1.807, 2.05) is 0 Å². The highest BCUT2D eigenvalue weighted by atomic mass is 16.6. The predicted molar refractivity (Wildman–Crippen MR) is 279 cm³/mol. The van der Waals surface area contributed by atoms with Crippen LogP contribution in [0.4, 0.5) is 0 Å². The predicted octanol–water partition coefficient (Wildman–Crippen LogP) is 19.1. The van der Waals surface area contributed by atoms with E-state index in [0.29, 0.717) is 19.3 Å². The Labute approximate surface area is 404 Å². The van der Waals surface area contributed by atoms with Crippen molar-refractivity contribution in [3.05, 3.63) is 24.3 Å². The maximum absolute atomic E-state index is 12.8. The summed E-state index contributed by atoms with van der Waals surface area (Å²) in [7, 11) is 0. The number of carbonyl (C=O) groups is 3. The quantitative estimate of drug-likeness (QED) is 0.0262. The van der Waals surface area contributed by atoms with Crippen LogP contribution in [0.2, 0.25) is 0 Å². The van der Waals surface area contributed by atoms with Gasteiger partial charge in [0.25, 0.3) is 0 Å². The van der Waals surface area contributed by atoms with E-state index in [4.69, 9.17) is 14.2 Å². The molecule has 0 spiro atoms. The van der Waals surface area contributed by atoms with Crippen molar-refractivity contribution in [1.82, 2.24) is 0 Å². The molecule has 0 saturated carbocycles. The first kappa shape index (κ1) is 62.9. The highest BCUT2D eigenvalue weighted by molar-refractivity contribution is 5.71. The Morgan fingerprint density at radius 2 is 0.554 bits per heavy atom. The number of allylic oxidation sites excluding steroid dienone is 4. The first-order valence-electron chi connectivity index (χ1n) is 28.8. The Morgan fingerprint density at radius 3 is 0.862 bits per heavy atom. The van der Waals surface area contributed by atoms with Crippen molar-refractivity contribution >= 4 is 17.9 Å². The molecule has 6 heteroatoms. The van der Waals surface area contributed by atoms with Gasteiger partial charge in [-0.25, -0.2) is 0 Å². The van der Waals surface area contributed by atoms with Gasteiger partial charge in [-0.15, -0.1) is 0 Å². The summed E-state index contributed by atoms with van der Waals surface area (Å²) in [6, 6.07) is 0. The molecule has 0 amide bonds. The highest BCUT2D eigenvalue weighted by Gasteiger charge is 2.19. The van der Waals surface area contributed by atoms with Crippen molar-refractivity contribution in [2.45, 2.75) is 322 Å². The van der Waals surface area contributed by atoms with E-state index in [2.05, 4.69) is 45.1 Å². The molecule has 6 nitrogen and oxygen atoms in total. The van der Waals surface area contributed by atoms with Crippen LogP contribution in [0.1, 0.15) is 316 Å². The fourth-order valence-electron chi connectivity index (χ4n) is 8.59. The summed E-state index contributed by atoms with van der Waals surface area (Å²) in [5, 5.41) is 0. The van der Waals surface area contributed by atoms with Crippen LogP contribution in [0.3, 0.4) is 0 Å². The van der Waals surface area contributed by atoms with Gasteiger partial charge in [0.1, 0.15) is 13.2 Å². The van der Waals surface area contributed by atoms with Crippen molar-refractivity contribution in [1.29, 1.82) is 0 Å². The minimum absolute atomic E-state index is 0.0683. The third-order valence-corrected chi connectivity index (χ3v) is 13.0. The zero-order chi connectivity index (χ0) is 47.2. The lowest BCUT2D eigenvalue weighted by molar-refractivity contribution is -0.167. The molecule has 1 atom stereocenters. The fourth-order valence-corrected chi connectivity index (χ4v) is 8.59. The Hall–Kier alpha value is -2.11. The van der Waals surface area contributed by atoms with Gasteiger partial charge in [-0.3, -0.25) is 14.4 Å². The second kappa shape index (κ2) is 54.5. The molecular weight excluding hydrogens is 805 g/mol. The monoisotopic (exact) mass is 915 g/mol. The molecule has 0 radical (unpaired) electrons. The number of rotatable bonds is 53. The van der Waals surface area contributed by atoms with Crippen molar-refractivity contribution < 1.29 is 28.6 Å². The van der Waals surface area contributed by atoms with Crippen LogP contribution in [0.15, 0.2) is 24.3 Å². The largest absolute Gasteiger partial charge is 0.462 e. The molecule has 65 heavy (non-hydrogen) atoms. The minimum Gasteiger partial charge on any atom is -0.462 e. The second-order valence-corrected chi connectivity index (χ2v) is 19.6. The Morgan fingerprint density at radius 1 is 0.308 bits per heavy atom. The van der Waals surface area contributed by atoms with Crippen LogP contribution in [-0.4, -0.2) is 37.2 Å². The summed E-state index contributed by atoms with van der Waals surface area (Å²) in [5.41, 5.74) is 0. The Balaban J connectivity index is 4.31. The van der Waals surface area contributed by atoms with Crippen LogP contribution in [0.5, 0.6) is 0 Å². The van der Waals surface area contributed by atoms with E-state index < -0.39 is 6.10 Å². The van der Waals surface area contributed by atoms with Crippen LogP contribution < -0.4 is 0 Å². The van der Waals surface area contributed by atoms with Gasteiger partial charge in [-0.2, -0.15) is 0 Å². The zero-order valence-electron chi connectivity index (χ0n) is 43.8. The number of unbranched alkanes of at least 4 members (excludes halogenated alkanes) is 38. The normalized spacial score (nSPS) is 12.1. The Bertz CT molecular complexity index is 1050. The van der Waals surface area contributed by atoms with E-state index in [9.17, 15) is 14.4 Å². The maximum atomic E-state index is 12.8. The van der Waals surface area contributed by atoms with Gasteiger partial charge in [-0.05, 0) is 51.4 Å². The molecule has 0 saturated heterocycles. The second-order valence-electron chi connectivity index (χ2n) is 19.6. The van der Waals surface area contributed by atoms with E-state index in [0.717, 1.165) is 70.6 Å². The maximum Gasteiger partial charge on any atom is 0.306 e. The van der Waals surface area contributed by atoms with Crippen LogP contribution in [-0.2, 0) is 28.6 Å². The molecule has 0 rings (SSSR count). The lowest BCUT2D eigenvalue weighted by Gasteiger charge is -2.18. The lowest BCUT2D eigenvalue weighted by Crippen LogP contribution is -2.30. The Kier molecular flexibility index (Phi) is 52.7. The SMILES string of the molecule is CCCCCC/C=C\C/C=C\CCCCCCCCCC(=O)OCC(COC(=O)CCCCCCCCCCCCCC)OC(=O)CCCCCCCCCCCCCCCCCCC. The van der Waals surface area contributed by atoms with Crippen molar-refractivity contribution in [3.63, 3.8) is 0 Å². The summed E-state index contributed by atoms with van der Waals surface area (Å²) >= 11 is 0. The number of esters is 3. The van der Waals surface area contributed by atoms with Gasteiger partial charge in [0.05, 0.1) is 0 Å². The molecule has 0 aliphatic heterocycles. The van der Waals surface area contributed by atoms with Crippen LogP contribution in [0, 0.1) is 0 Å². The van der Waals surface area contributed by atoms with Gasteiger partial charge in [0, 0.05) is 19.3 Å². The molecule has 1 unspecified atom stereocenters. The molecular formula is C59H110O6. The number of ether oxygens (including phenoxy) is 3. The summed E-state index contributed by atoms with van der Waals surface area (Å²) in [5.74, 6) is -0.855. The number of hydrogen-bond acceptors (Lipinski definition) is 6. The molecule has 0 aromatic carbocycles. The smallest absolute Gasteiger partial charge is 0.306 e. The molecule has 0 bridgehead atoms. The summed E-state index contributed by atoms with van der Waals surface area (Å²) in [6.07, 6.45) is 63.1. The lowest BCUT2D eigenvalue weighted by atomic mass is 10.0. The minimum atomic E-state index is -0.769. The van der Waals surface area contributed by atoms with Crippen molar-refractivity contribution in [3.8, 4) is 0 Å². The molecule has 0 aromatic heterocycles. The molecule has 382 valence electrons. The van der Waals surface area contributed by atoms with E-state index >= 15 is 0 Å². The van der Waals surface area contributed by atoms with Crippen molar-refractivity contribution in [2.75, 3.05) is 13.2 Å². The summed E-state index contributed by atoms with van der Waals surface area (Å²) in [6.45, 7) is 6.66. The molecule has 0 aromatic rings. The van der Waals surface area contributed by atoms with Crippen LogP contribution in [0.25, 0.3) is 0 Å². The topological polar surface area (TPSA) is 78.9 Å². The third kappa shape index (κ3) is 52.7. The van der Waals surface area contributed by atoms with Gasteiger partial charge in [0.15, 0.2) is 6.10 Å². The average molecular weight is 916 g/mol. The van der Waals surface area contributed by atoms with Gasteiger partial charge >= 0.3 is 17.9 Å². The van der Waals surface area contributed by atoms with Gasteiger partial charge in [-0.1, -0.05) is 270 Å². The molecule has 0 N–H and O–H groups in total. The number of hydrogen-bond donors (Lipinski definition) is 0. The highest BCUT2D eigenvalue weighted by Crippen LogP contribution is 2.17. The fraction of sp³-hybridized carbons (Fsp3) is 0.881. The number of carbonyl (C=O) groups excluding carboxylic acids is 3. The van der Waals surface area contributed by atoms with Gasteiger partial charge in [0.2, 0.25) is 0 Å². The summed E-state index contributed by atoms with van der Waals surface area (Å²) in [4.78, 5) is 38.1. The molecule has 0 heterocycles. The standard InChI is InChI=1S/C59H110O6/c1-4-7-10-13-16-19-22-25-27-29-31-32-34-37-40-43-46-49-52-58(61)64-55-56(54-63-57(60)51-48-45-42-39-36-24-21-18-15-12-9-6-3)65-59(62)53-50-47-44-41-38-35-33-30-28-26-23-20-17-14-11-8-5-2/h19,22,27,29,56H,4-18,20-21,23-26,28,30-55H2,1-3H3/b22-19-,29-27-. The molecule has 0 aliphatic rings. The molecule has 0 aliphatic carbocycles. The van der Waals surface area contributed by atoms with Crippen LogP contribution >= 0.6 is 0 Å². The molecule has 0 fully saturated rings. The third-order valence-electron chi connectivity index (χ3n) is 13.0. The van der Waals surface area contributed by atoms with E-state index in [1.54, 1.807) is 0 Å². The van der Waals surface area contributed by atoms with Gasteiger partial charge < -0.3 is 14.2 Å². The van der Waals surface area contributed by atoms with Crippen molar-refractivity contribution in [2.24, 2.45) is 0 Å². The first-order chi connectivity index (χ1) is 32.0.